The molecule has 132 valence electrons. The van der Waals surface area contributed by atoms with Crippen molar-refractivity contribution >= 4 is 5.91 Å². The van der Waals surface area contributed by atoms with E-state index in [1.807, 2.05) is 24.8 Å². The number of benzene rings is 2. The Hall–Kier alpha value is -2.13. The van der Waals surface area contributed by atoms with Gasteiger partial charge < -0.3 is 10.6 Å². The van der Waals surface area contributed by atoms with Gasteiger partial charge in [0.2, 0.25) is 5.91 Å². The Balaban J connectivity index is 1.83. The van der Waals surface area contributed by atoms with E-state index in [1.165, 1.54) is 16.7 Å². The molecular weight excluding hydrogens is 308 g/mol. The van der Waals surface area contributed by atoms with Crippen molar-refractivity contribution in [2.45, 2.75) is 45.2 Å². The molecule has 2 aromatic carbocycles. The summed E-state index contributed by atoms with van der Waals surface area (Å²) in [6.07, 6.45) is 2.81. The largest absolute Gasteiger partial charge is 0.338 e. The van der Waals surface area contributed by atoms with E-state index in [-0.39, 0.29) is 23.9 Å². The minimum Gasteiger partial charge on any atom is -0.338 e. The topological polar surface area (TPSA) is 46.3 Å². The summed E-state index contributed by atoms with van der Waals surface area (Å²) in [5.41, 5.74) is 10.1. The molecule has 0 bridgehead atoms. The van der Waals surface area contributed by atoms with Crippen LogP contribution < -0.4 is 5.73 Å². The van der Waals surface area contributed by atoms with Crippen molar-refractivity contribution in [1.29, 1.82) is 0 Å². The second kappa shape index (κ2) is 7.83. The first-order valence-electron chi connectivity index (χ1n) is 9.26. The molecule has 1 fully saturated rings. The van der Waals surface area contributed by atoms with Gasteiger partial charge >= 0.3 is 0 Å². The van der Waals surface area contributed by atoms with Gasteiger partial charge in [0.15, 0.2) is 0 Å². The number of likely N-dealkylation sites (tertiary alicyclic amines) is 1. The van der Waals surface area contributed by atoms with E-state index in [2.05, 4.69) is 48.5 Å². The van der Waals surface area contributed by atoms with Crippen LogP contribution in [0.1, 0.15) is 32.3 Å². The fourth-order valence-corrected chi connectivity index (χ4v) is 3.70. The summed E-state index contributed by atoms with van der Waals surface area (Å²) in [6, 6.07) is 19.2. The summed E-state index contributed by atoms with van der Waals surface area (Å²) in [5, 5.41) is 0. The Morgan fingerprint density at radius 2 is 1.84 bits per heavy atom. The number of hydrogen-bond donors (Lipinski definition) is 1. The zero-order chi connectivity index (χ0) is 17.8. The third kappa shape index (κ3) is 4.10. The Labute approximate surface area is 150 Å². The lowest BCUT2D eigenvalue weighted by molar-refractivity contribution is -0.138. The van der Waals surface area contributed by atoms with Crippen molar-refractivity contribution in [1.82, 2.24) is 4.90 Å². The highest BCUT2D eigenvalue weighted by molar-refractivity contribution is 5.78. The van der Waals surface area contributed by atoms with Crippen molar-refractivity contribution in [2.75, 3.05) is 6.54 Å². The van der Waals surface area contributed by atoms with Gasteiger partial charge in [0.25, 0.3) is 0 Å². The number of piperidine rings is 1. The van der Waals surface area contributed by atoms with Gasteiger partial charge in [-0.25, -0.2) is 0 Å². The molecule has 3 rings (SSSR count). The number of carbonyl (C=O) groups is 1. The van der Waals surface area contributed by atoms with Gasteiger partial charge in [-0.3, -0.25) is 4.79 Å². The average Bonchev–Trinajstić information content (AvgIpc) is 2.64. The summed E-state index contributed by atoms with van der Waals surface area (Å²) in [6.45, 7) is 4.76. The molecule has 0 aliphatic carbocycles. The number of nitrogens with zero attached hydrogens (tertiary/aromatic N) is 1. The molecule has 1 amide bonds. The van der Waals surface area contributed by atoms with Gasteiger partial charge in [-0.1, -0.05) is 68.4 Å². The SMILES string of the molecule is CC(C)C(=O)N1CCCC(N)C1Cc1cccc(-c2ccccc2)c1. The predicted molar refractivity (Wildman–Crippen MR) is 103 cm³/mol. The van der Waals surface area contributed by atoms with Crippen molar-refractivity contribution in [3.05, 3.63) is 60.2 Å². The maximum atomic E-state index is 12.6. The van der Waals surface area contributed by atoms with E-state index >= 15 is 0 Å². The second-order valence-corrected chi connectivity index (χ2v) is 7.33. The molecule has 1 heterocycles. The average molecular weight is 336 g/mol. The van der Waals surface area contributed by atoms with Crippen molar-refractivity contribution in [3.8, 4) is 11.1 Å². The molecule has 0 aromatic heterocycles. The molecule has 3 nitrogen and oxygen atoms in total. The monoisotopic (exact) mass is 336 g/mol. The van der Waals surface area contributed by atoms with E-state index in [4.69, 9.17) is 5.73 Å². The quantitative estimate of drug-likeness (QED) is 0.921. The molecule has 2 atom stereocenters. The van der Waals surface area contributed by atoms with Crippen LogP contribution in [0.4, 0.5) is 0 Å². The third-order valence-electron chi connectivity index (χ3n) is 5.09. The smallest absolute Gasteiger partial charge is 0.225 e. The molecule has 25 heavy (non-hydrogen) atoms. The fraction of sp³-hybridized carbons (Fsp3) is 0.409. The Morgan fingerprint density at radius 3 is 2.56 bits per heavy atom. The zero-order valence-corrected chi connectivity index (χ0v) is 15.2. The van der Waals surface area contributed by atoms with Crippen LogP contribution in [0.5, 0.6) is 0 Å². The number of nitrogens with two attached hydrogens (primary N) is 1. The van der Waals surface area contributed by atoms with Gasteiger partial charge in [-0.05, 0) is 36.0 Å². The number of amides is 1. The van der Waals surface area contributed by atoms with Gasteiger partial charge in [0.1, 0.15) is 0 Å². The predicted octanol–water partition coefficient (Wildman–Crippen LogP) is 3.87. The standard InChI is InChI=1S/C22H28N2O/c1-16(2)22(25)24-13-7-12-20(23)21(24)15-17-8-6-11-19(14-17)18-9-4-3-5-10-18/h3-6,8-11,14,16,20-21H,7,12-13,15,23H2,1-2H3. The van der Waals surface area contributed by atoms with E-state index in [1.54, 1.807) is 0 Å². The third-order valence-corrected chi connectivity index (χ3v) is 5.09. The van der Waals surface area contributed by atoms with E-state index in [0.29, 0.717) is 0 Å². The molecule has 2 N–H and O–H groups in total. The minimum atomic E-state index is 0.0171. The number of hydrogen-bond acceptors (Lipinski definition) is 2. The molecule has 1 aliphatic rings. The number of rotatable bonds is 4. The van der Waals surface area contributed by atoms with Crippen LogP contribution in [0, 0.1) is 5.92 Å². The lowest BCUT2D eigenvalue weighted by atomic mass is 9.89. The van der Waals surface area contributed by atoms with E-state index in [9.17, 15) is 4.79 Å². The van der Waals surface area contributed by atoms with Gasteiger partial charge in [-0.15, -0.1) is 0 Å². The molecule has 3 heteroatoms. The molecular formula is C22H28N2O. The maximum absolute atomic E-state index is 12.6. The molecule has 2 unspecified atom stereocenters. The first-order valence-corrected chi connectivity index (χ1v) is 9.26. The zero-order valence-electron chi connectivity index (χ0n) is 15.2. The highest BCUT2D eigenvalue weighted by atomic mass is 16.2. The summed E-state index contributed by atoms with van der Waals surface area (Å²) in [4.78, 5) is 14.6. The maximum Gasteiger partial charge on any atom is 0.225 e. The first kappa shape index (κ1) is 17.7. The Bertz CT molecular complexity index is 711. The summed E-state index contributed by atoms with van der Waals surface area (Å²) in [7, 11) is 0. The van der Waals surface area contributed by atoms with Crippen LogP contribution in [0.15, 0.2) is 54.6 Å². The van der Waals surface area contributed by atoms with Crippen LogP contribution >= 0.6 is 0 Å². The van der Waals surface area contributed by atoms with Crippen LogP contribution in [0.3, 0.4) is 0 Å². The van der Waals surface area contributed by atoms with Crippen LogP contribution in [0.25, 0.3) is 11.1 Å². The lowest BCUT2D eigenvalue weighted by Crippen LogP contribution is -2.56. The summed E-state index contributed by atoms with van der Waals surface area (Å²) in [5.74, 6) is 0.239. The summed E-state index contributed by atoms with van der Waals surface area (Å²) >= 11 is 0. The fourth-order valence-electron chi connectivity index (χ4n) is 3.70. The van der Waals surface area contributed by atoms with Crippen molar-refractivity contribution in [3.63, 3.8) is 0 Å². The highest BCUT2D eigenvalue weighted by Crippen LogP contribution is 2.25. The Morgan fingerprint density at radius 1 is 1.12 bits per heavy atom. The van der Waals surface area contributed by atoms with E-state index < -0.39 is 0 Å². The van der Waals surface area contributed by atoms with Crippen LogP contribution in [-0.4, -0.2) is 29.4 Å². The van der Waals surface area contributed by atoms with Crippen LogP contribution in [0.2, 0.25) is 0 Å². The van der Waals surface area contributed by atoms with E-state index in [0.717, 1.165) is 25.8 Å². The number of carbonyl (C=O) groups excluding carboxylic acids is 1. The normalized spacial score (nSPS) is 20.7. The minimum absolute atomic E-state index is 0.0171. The first-order chi connectivity index (χ1) is 12.1. The lowest BCUT2D eigenvalue weighted by Gasteiger charge is -2.41. The van der Waals surface area contributed by atoms with Gasteiger partial charge in [-0.2, -0.15) is 0 Å². The molecule has 0 spiro atoms. The molecule has 0 radical (unpaired) electrons. The van der Waals surface area contributed by atoms with Crippen molar-refractivity contribution < 1.29 is 4.79 Å². The molecule has 2 aromatic rings. The molecule has 1 aliphatic heterocycles. The van der Waals surface area contributed by atoms with Gasteiger partial charge in [0, 0.05) is 18.5 Å². The van der Waals surface area contributed by atoms with Gasteiger partial charge in [0.05, 0.1) is 6.04 Å². The molecule has 1 saturated heterocycles. The van der Waals surface area contributed by atoms with Crippen molar-refractivity contribution in [2.24, 2.45) is 11.7 Å². The highest BCUT2D eigenvalue weighted by Gasteiger charge is 2.33. The summed E-state index contributed by atoms with van der Waals surface area (Å²) < 4.78 is 0. The second-order valence-electron chi connectivity index (χ2n) is 7.33. The molecule has 0 saturated carbocycles. The van der Waals surface area contributed by atoms with Crippen LogP contribution in [-0.2, 0) is 11.2 Å². The Kier molecular flexibility index (Phi) is 5.54.